The van der Waals surface area contributed by atoms with Crippen LogP contribution in [0.4, 0.5) is 0 Å². The number of benzene rings is 3. The molecule has 108 valence electrons. The van der Waals surface area contributed by atoms with Crippen molar-refractivity contribution in [3.63, 3.8) is 0 Å². The summed E-state index contributed by atoms with van der Waals surface area (Å²) in [6.45, 7) is 0. The highest BCUT2D eigenvalue weighted by atomic mass is 15.0. The van der Waals surface area contributed by atoms with Gasteiger partial charge in [-0.3, -0.25) is 4.40 Å². The molecule has 0 fully saturated rings. The summed E-state index contributed by atoms with van der Waals surface area (Å²) in [5.41, 5.74) is 4.68. The van der Waals surface area contributed by atoms with E-state index in [1.54, 1.807) is 0 Å². The Bertz CT molecular complexity index is 1150. The molecule has 2 nitrogen and oxygen atoms in total. The van der Waals surface area contributed by atoms with Crippen molar-refractivity contribution in [2.24, 2.45) is 0 Å². The van der Waals surface area contributed by atoms with Crippen LogP contribution in [-0.2, 0) is 0 Å². The lowest BCUT2D eigenvalue weighted by Gasteiger charge is -2.10. The van der Waals surface area contributed by atoms with Gasteiger partial charge in [0.05, 0.1) is 5.52 Å². The minimum absolute atomic E-state index is 1.01. The SMILES string of the molecule is c1ccc(-c2ccc3c(c2)c2ccccc2c2nccn32)cc1. The highest BCUT2D eigenvalue weighted by Crippen LogP contribution is 2.32. The molecule has 0 amide bonds. The standard InChI is InChI=1S/C21H14N2/c1-2-6-15(7-3-1)16-10-11-20-19(14-16)17-8-4-5-9-18(17)21-22-12-13-23(20)21/h1-14H. The van der Waals surface area contributed by atoms with Crippen molar-refractivity contribution in [3.05, 3.63) is 85.2 Å². The molecular weight excluding hydrogens is 280 g/mol. The molecule has 0 bridgehead atoms. The topological polar surface area (TPSA) is 17.3 Å². The summed E-state index contributed by atoms with van der Waals surface area (Å²) < 4.78 is 2.17. The van der Waals surface area contributed by atoms with Crippen molar-refractivity contribution >= 4 is 27.3 Å². The zero-order valence-corrected chi connectivity index (χ0v) is 12.5. The van der Waals surface area contributed by atoms with E-state index < -0.39 is 0 Å². The summed E-state index contributed by atoms with van der Waals surface area (Å²) in [7, 11) is 0. The number of hydrogen-bond acceptors (Lipinski definition) is 1. The predicted molar refractivity (Wildman–Crippen MR) is 95.6 cm³/mol. The molecule has 5 aromatic rings. The molecule has 2 aromatic heterocycles. The Hall–Kier alpha value is -3.13. The third-order valence-corrected chi connectivity index (χ3v) is 4.46. The first-order valence-electron chi connectivity index (χ1n) is 7.75. The maximum Gasteiger partial charge on any atom is 0.145 e. The number of rotatable bonds is 1. The van der Waals surface area contributed by atoms with Gasteiger partial charge in [0.25, 0.3) is 0 Å². The van der Waals surface area contributed by atoms with Crippen LogP contribution in [0.5, 0.6) is 0 Å². The van der Waals surface area contributed by atoms with Gasteiger partial charge < -0.3 is 0 Å². The molecule has 5 rings (SSSR count). The average molecular weight is 294 g/mol. The Kier molecular flexibility index (Phi) is 2.53. The minimum atomic E-state index is 1.01. The van der Waals surface area contributed by atoms with Crippen molar-refractivity contribution < 1.29 is 0 Å². The molecule has 0 spiro atoms. The molecular formula is C21H14N2. The monoisotopic (exact) mass is 294 g/mol. The van der Waals surface area contributed by atoms with Gasteiger partial charge >= 0.3 is 0 Å². The van der Waals surface area contributed by atoms with Crippen molar-refractivity contribution in [1.29, 1.82) is 0 Å². The summed E-state index contributed by atoms with van der Waals surface area (Å²) >= 11 is 0. The Labute approximate surface area is 133 Å². The van der Waals surface area contributed by atoms with E-state index >= 15 is 0 Å². The van der Waals surface area contributed by atoms with Crippen LogP contribution in [0.15, 0.2) is 85.2 Å². The summed E-state index contributed by atoms with van der Waals surface area (Å²) in [6, 6.07) is 25.7. The Balaban J connectivity index is 1.96. The average Bonchev–Trinajstić information content (AvgIpc) is 3.12. The number of fused-ring (bicyclic) bond motifs is 6. The zero-order valence-electron chi connectivity index (χ0n) is 12.5. The largest absolute Gasteiger partial charge is 0.299 e. The van der Waals surface area contributed by atoms with Gasteiger partial charge in [-0.25, -0.2) is 4.98 Å². The molecule has 0 saturated heterocycles. The molecule has 0 aliphatic carbocycles. The molecule has 0 radical (unpaired) electrons. The number of imidazole rings is 1. The van der Waals surface area contributed by atoms with E-state index in [0.29, 0.717) is 0 Å². The summed E-state index contributed by atoms with van der Waals surface area (Å²) in [5, 5.41) is 3.70. The number of pyridine rings is 1. The lowest BCUT2D eigenvalue weighted by atomic mass is 10.00. The lowest BCUT2D eigenvalue weighted by molar-refractivity contribution is 1.27. The van der Waals surface area contributed by atoms with E-state index in [1.807, 2.05) is 12.4 Å². The maximum atomic E-state index is 4.54. The van der Waals surface area contributed by atoms with Crippen molar-refractivity contribution in [2.75, 3.05) is 0 Å². The van der Waals surface area contributed by atoms with Gasteiger partial charge in [-0.1, -0.05) is 60.7 Å². The highest BCUT2D eigenvalue weighted by Gasteiger charge is 2.09. The zero-order chi connectivity index (χ0) is 15.2. The van der Waals surface area contributed by atoms with Crippen molar-refractivity contribution in [2.45, 2.75) is 0 Å². The van der Waals surface area contributed by atoms with Crippen LogP contribution in [0.2, 0.25) is 0 Å². The Morgan fingerprint density at radius 3 is 2.30 bits per heavy atom. The maximum absolute atomic E-state index is 4.54. The summed E-state index contributed by atoms with van der Waals surface area (Å²) in [4.78, 5) is 4.54. The van der Waals surface area contributed by atoms with E-state index in [4.69, 9.17) is 0 Å². The van der Waals surface area contributed by atoms with Gasteiger partial charge in [-0.2, -0.15) is 0 Å². The minimum Gasteiger partial charge on any atom is -0.299 e. The summed E-state index contributed by atoms with van der Waals surface area (Å²) in [6.07, 6.45) is 3.90. The first-order chi connectivity index (χ1) is 11.4. The molecule has 3 aromatic carbocycles. The van der Waals surface area contributed by atoms with E-state index in [0.717, 1.165) is 5.65 Å². The number of nitrogens with zero attached hydrogens (tertiary/aromatic N) is 2. The molecule has 2 heteroatoms. The summed E-state index contributed by atoms with van der Waals surface area (Å²) in [5.74, 6) is 0. The first-order valence-corrected chi connectivity index (χ1v) is 7.75. The second kappa shape index (κ2) is 4.68. The number of hydrogen-bond donors (Lipinski definition) is 0. The van der Waals surface area contributed by atoms with Crippen LogP contribution in [0, 0.1) is 0 Å². The molecule has 0 aliphatic heterocycles. The van der Waals surface area contributed by atoms with Crippen LogP contribution >= 0.6 is 0 Å². The Morgan fingerprint density at radius 1 is 0.652 bits per heavy atom. The number of aromatic nitrogens is 2. The normalized spacial score (nSPS) is 11.5. The van der Waals surface area contributed by atoms with Crippen LogP contribution in [0.1, 0.15) is 0 Å². The van der Waals surface area contributed by atoms with Crippen LogP contribution in [0.3, 0.4) is 0 Å². The predicted octanol–water partition coefficient (Wildman–Crippen LogP) is 5.31. The van der Waals surface area contributed by atoms with Gasteiger partial charge in [0.15, 0.2) is 0 Å². The van der Waals surface area contributed by atoms with E-state index in [2.05, 4.69) is 82.2 Å². The third-order valence-electron chi connectivity index (χ3n) is 4.46. The second-order valence-electron chi connectivity index (χ2n) is 5.76. The van der Waals surface area contributed by atoms with Crippen LogP contribution < -0.4 is 0 Å². The van der Waals surface area contributed by atoms with Crippen LogP contribution in [0.25, 0.3) is 38.4 Å². The molecule has 0 saturated carbocycles. The quantitative estimate of drug-likeness (QED) is 0.383. The van der Waals surface area contributed by atoms with Gasteiger partial charge in [0.1, 0.15) is 5.65 Å². The highest BCUT2D eigenvalue weighted by molar-refractivity contribution is 6.12. The van der Waals surface area contributed by atoms with E-state index in [1.165, 1.54) is 32.8 Å². The smallest absolute Gasteiger partial charge is 0.145 e. The van der Waals surface area contributed by atoms with Gasteiger partial charge in [0, 0.05) is 23.2 Å². The molecule has 2 heterocycles. The van der Waals surface area contributed by atoms with E-state index in [-0.39, 0.29) is 0 Å². The van der Waals surface area contributed by atoms with Crippen LogP contribution in [-0.4, -0.2) is 9.38 Å². The molecule has 0 N–H and O–H groups in total. The molecule has 0 unspecified atom stereocenters. The van der Waals surface area contributed by atoms with E-state index in [9.17, 15) is 0 Å². The van der Waals surface area contributed by atoms with Crippen molar-refractivity contribution in [1.82, 2.24) is 9.38 Å². The van der Waals surface area contributed by atoms with Crippen molar-refractivity contribution in [3.8, 4) is 11.1 Å². The third kappa shape index (κ3) is 1.78. The first kappa shape index (κ1) is 12.4. The van der Waals surface area contributed by atoms with Gasteiger partial charge in [0.2, 0.25) is 0 Å². The fourth-order valence-electron chi connectivity index (χ4n) is 3.38. The molecule has 0 atom stereocenters. The lowest BCUT2D eigenvalue weighted by Crippen LogP contribution is -1.91. The van der Waals surface area contributed by atoms with Gasteiger partial charge in [-0.15, -0.1) is 0 Å². The Morgan fingerprint density at radius 2 is 1.43 bits per heavy atom. The molecule has 0 aliphatic rings. The fraction of sp³-hybridized carbons (Fsp3) is 0. The second-order valence-corrected chi connectivity index (χ2v) is 5.76. The fourth-order valence-corrected chi connectivity index (χ4v) is 3.38. The van der Waals surface area contributed by atoms with Gasteiger partial charge in [-0.05, 0) is 28.6 Å². The molecule has 23 heavy (non-hydrogen) atoms.